The van der Waals surface area contributed by atoms with Crippen LogP contribution in [-0.4, -0.2) is 45.9 Å². The third-order valence-corrected chi connectivity index (χ3v) is 4.64. The summed E-state index contributed by atoms with van der Waals surface area (Å²) in [5, 5.41) is 3.19. The van der Waals surface area contributed by atoms with Crippen LogP contribution < -0.4 is 5.32 Å². The molecule has 21 heavy (non-hydrogen) atoms. The lowest BCUT2D eigenvalue weighted by atomic mass is 9.96. The van der Waals surface area contributed by atoms with Crippen LogP contribution in [0.25, 0.3) is 5.65 Å². The van der Waals surface area contributed by atoms with Crippen molar-refractivity contribution >= 4 is 11.6 Å². The van der Waals surface area contributed by atoms with Gasteiger partial charge >= 0.3 is 0 Å². The number of pyridine rings is 1. The Labute approximate surface area is 124 Å². The third-order valence-electron chi connectivity index (χ3n) is 4.64. The van der Waals surface area contributed by atoms with Gasteiger partial charge in [-0.2, -0.15) is 0 Å². The van der Waals surface area contributed by atoms with Crippen molar-refractivity contribution in [1.82, 2.24) is 19.6 Å². The van der Waals surface area contributed by atoms with Crippen LogP contribution in [0.3, 0.4) is 0 Å². The van der Waals surface area contributed by atoms with Gasteiger partial charge in [0.25, 0.3) is 5.91 Å². The first-order valence-corrected chi connectivity index (χ1v) is 7.66. The molecule has 4 rings (SSSR count). The van der Waals surface area contributed by atoms with Crippen LogP contribution in [0.5, 0.6) is 0 Å². The third kappa shape index (κ3) is 2.42. The largest absolute Gasteiger partial charge is 0.348 e. The van der Waals surface area contributed by atoms with Crippen molar-refractivity contribution < 1.29 is 4.79 Å². The van der Waals surface area contributed by atoms with Crippen molar-refractivity contribution in [2.75, 3.05) is 19.6 Å². The van der Waals surface area contributed by atoms with Crippen molar-refractivity contribution in [2.24, 2.45) is 5.92 Å². The summed E-state index contributed by atoms with van der Waals surface area (Å²) >= 11 is 0. The zero-order valence-corrected chi connectivity index (χ0v) is 12.2. The highest BCUT2D eigenvalue weighted by Crippen LogP contribution is 2.26. The topological polar surface area (TPSA) is 49.6 Å². The number of aryl methyl sites for hydroxylation is 1. The molecule has 2 aliphatic rings. The van der Waals surface area contributed by atoms with E-state index in [1.807, 2.05) is 35.9 Å². The van der Waals surface area contributed by atoms with Crippen LogP contribution in [-0.2, 0) is 0 Å². The lowest BCUT2D eigenvalue weighted by molar-refractivity contribution is 0.0909. The number of hydrogen-bond donors (Lipinski definition) is 1. The summed E-state index contributed by atoms with van der Waals surface area (Å²) in [6.45, 7) is 5.36. The first kappa shape index (κ1) is 12.8. The molecule has 2 bridgehead atoms. The molecule has 0 radical (unpaired) electrons. The zero-order chi connectivity index (χ0) is 14.4. The van der Waals surface area contributed by atoms with E-state index in [2.05, 4.69) is 15.2 Å². The molecular formula is C16H20N4O. The van der Waals surface area contributed by atoms with Crippen molar-refractivity contribution in [3.05, 3.63) is 35.8 Å². The number of amides is 1. The fraction of sp³-hybridized carbons (Fsp3) is 0.500. The fourth-order valence-corrected chi connectivity index (χ4v) is 3.68. The lowest BCUT2D eigenvalue weighted by Crippen LogP contribution is -2.47. The van der Waals surface area contributed by atoms with Gasteiger partial charge in [0.2, 0.25) is 0 Å². The van der Waals surface area contributed by atoms with E-state index in [0.29, 0.717) is 5.56 Å². The van der Waals surface area contributed by atoms with Gasteiger partial charge in [-0.15, -0.1) is 0 Å². The van der Waals surface area contributed by atoms with E-state index in [0.717, 1.165) is 30.2 Å². The van der Waals surface area contributed by atoms with Gasteiger partial charge in [-0.25, -0.2) is 4.98 Å². The summed E-state index contributed by atoms with van der Waals surface area (Å²) in [5.41, 5.74) is 2.48. The second-order valence-corrected chi connectivity index (χ2v) is 6.38. The predicted octanol–water partition coefficient (Wildman–Crippen LogP) is 1.47. The predicted molar refractivity (Wildman–Crippen MR) is 80.3 cm³/mol. The van der Waals surface area contributed by atoms with Crippen molar-refractivity contribution in [2.45, 2.75) is 25.8 Å². The first-order chi connectivity index (χ1) is 10.2. The number of fused-ring (bicyclic) bond motifs is 3. The summed E-state index contributed by atoms with van der Waals surface area (Å²) in [7, 11) is 0. The average molecular weight is 284 g/mol. The summed E-state index contributed by atoms with van der Waals surface area (Å²) in [6.07, 6.45) is 6.26. The molecule has 2 aromatic rings. The molecule has 2 fully saturated rings. The van der Waals surface area contributed by atoms with E-state index in [9.17, 15) is 4.79 Å². The molecule has 2 aliphatic heterocycles. The van der Waals surface area contributed by atoms with Crippen LogP contribution >= 0.6 is 0 Å². The monoisotopic (exact) mass is 284 g/mol. The van der Waals surface area contributed by atoms with Gasteiger partial charge in [-0.1, -0.05) is 0 Å². The van der Waals surface area contributed by atoms with Gasteiger partial charge in [0.15, 0.2) is 0 Å². The maximum absolute atomic E-state index is 12.4. The Bertz CT molecular complexity index is 681. The van der Waals surface area contributed by atoms with E-state index < -0.39 is 0 Å². The smallest absolute Gasteiger partial charge is 0.251 e. The number of imidazole rings is 1. The van der Waals surface area contributed by atoms with Gasteiger partial charge in [0.1, 0.15) is 5.65 Å². The number of piperidine rings is 1. The van der Waals surface area contributed by atoms with Crippen LogP contribution in [0.2, 0.25) is 0 Å². The number of nitrogens with zero attached hydrogens (tertiary/aromatic N) is 3. The van der Waals surface area contributed by atoms with Gasteiger partial charge in [-0.05, 0) is 44.4 Å². The number of aromatic nitrogens is 2. The highest BCUT2D eigenvalue weighted by Gasteiger charge is 2.32. The van der Waals surface area contributed by atoms with Gasteiger partial charge in [-0.3, -0.25) is 4.79 Å². The number of carbonyl (C=O) groups is 1. The standard InChI is InChI=1S/C16H20N4O/c1-11-8-20-5-3-13(7-15(20)17-11)16(21)18-14-6-12-2-4-19(9-12)10-14/h3,5,7-8,12,14H,2,4,6,9-10H2,1H3,(H,18,21)/t12?,14-/m1/s1. The zero-order valence-electron chi connectivity index (χ0n) is 12.2. The van der Waals surface area contributed by atoms with E-state index in [1.54, 1.807) is 0 Å². The molecule has 1 amide bonds. The Balaban J connectivity index is 1.50. The van der Waals surface area contributed by atoms with Crippen LogP contribution in [0, 0.1) is 12.8 Å². The molecular weight excluding hydrogens is 264 g/mol. The molecule has 0 aromatic carbocycles. The minimum atomic E-state index is 0.0191. The molecule has 2 aromatic heterocycles. The Kier molecular flexibility index (Phi) is 2.96. The molecule has 1 N–H and O–H groups in total. The van der Waals surface area contributed by atoms with Crippen molar-refractivity contribution in [1.29, 1.82) is 0 Å². The Hall–Kier alpha value is -1.88. The van der Waals surface area contributed by atoms with Gasteiger partial charge in [0.05, 0.1) is 5.69 Å². The van der Waals surface area contributed by atoms with E-state index >= 15 is 0 Å². The van der Waals surface area contributed by atoms with Crippen LogP contribution in [0.4, 0.5) is 0 Å². The molecule has 3 atom stereocenters. The molecule has 110 valence electrons. The summed E-state index contributed by atoms with van der Waals surface area (Å²) < 4.78 is 1.94. The molecule has 2 unspecified atom stereocenters. The molecule has 4 heterocycles. The molecule has 0 aliphatic carbocycles. The maximum Gasteiger partial charge on any atom is 0.251 e. The number of rotatable bonds is 2. The van der Waals surface area contributed by atoms with E-state index in [1.165, 1.54) is 19.5 Å². The summed E-state index contributed by atoms with van der Waals surface area (Å²) in [4.78, 5) is 19.3. The average Bonchev–Trinajstić information content (AvgIpc) is 2.99. The number of carbonyl (C=O) groups excluding carboxylic acids is 1. The minimum Gasteiger partial charge on any atom is -0.348 e. The Morgan fingerprint density at radius 2 is 2.33 bits per heavy atom. The van der Waals surface area contributed by atoms with Crippen molar-refractivity contribution in [3.8, 4) is 0 Å². The molecule has 0 spiro atoms. The van der Waals surface area contributed by atoms with Crippen LogP contribution in [0.1, 0.15) is 28.9 Å². The van der Waals surface area contributed by atoms with E-state index in [4.69, 9.17) is 0 Å². The SMILES string of the molecule is Cc1cn2ccc(C(=O)N[C@@H]3CC4CCN(C4)C3)cc2n1. The highest BCUT2D eigenvalue weighted by atomic mass is 16.1. The van der Waals surface area contributed by atoms with Gasteiger partial charge in [0, 0.05) is 37.1 Å². The quantitative estimate of drug-likeness (QED) is 0.908. The summed E-state index contributed by atoms with van der Waals surface area (Å²) in [5.74, 6) is 0.784. The molecule has 5 heteroatoms. The molecule has 2 saturated heterocycles. The van der Waals surface area contributed by atoms with E-state index in [-0.39, 0.29) is 11.9 Å². The fourth-order valence-electron chi connectivity index (χ4n) is 3.68. The normalized spacial score (nSPS) is 28.0. The summed E-state index contributed by atoms with van der Waals surface area (Å²) in [6, 6.07) is 4.01. The first-order valence-electron chi connectivity index (χ1n) is 7.66. The maximum atomic E-state index is 12.4. The van der Waals surface area contributed by atoms with Gasteiger partial charge < -0.3 is 14.6 Å². The number of hydrogen-bond acceptors (Lipinski definition) is 3. The number of nitrogens with one attached hydrogen (secondary N) is 1. The second-order valence-electron chi connectivity index (χ2n) is 6.38. The Morgan fingerprint density at radius 1 is 1.43 bits per heavy atom. The molecule has 0 saturated carbocycles. The second kappa shape index (κ2) is 4.84. The van der Waals surface area contributed by atoms with Crippen molar-refractivity contribution in [3.63, 3.8) is 0 Å². The Morgan fingerprint density at radius 3 is 3.19 bits per heavy atom. The highest BCUT2D eigenvalue weighted by molar-refractivity contribution is 5.95. The minimum absolute atomic E-state index is 0.0191. The molecule has 5 nitrogen and oxygen atoms in total. The lowest BCUT2D eigenvalue weighted by Gasteiger charge is -2.30. The van der Waals surface area contributed by atoms with Crippen LogP contribution in [0.15, 0.2) is 24.5 Å².